The minimum absolute atomic E-state index is 0.00236. The average Bonchev–Trinajstić information content (AvgIpc) is 3.37. The third-order valence-electron chi connectivity index (χ3n) is 7.22. The fourth-order valence-electron chi connectivity index (χ4n) is 5.03. The van der Waals surface area contributed by atoms with Crippen LogP contribution in [0.25, 0.3) is 6.08 Å². The van der Waals surface area contributed by atoms with Gasteiger partial charge < -0.3 is 23.7 Å². The lowest BCUT2D eigenvalue weighted by atomic mass is 9.95. The average molecular weight is 661 g/mol. The number of allylic oxidation sites excluding steroid dienone is 1. The molecule has 10 nitrogen and oxygen atoms in total. The first-order valence-electron chi connectivity index (χ1n) is 14.9. The van der Waals surface area contributed by atoms with Gasteiger partial charge in [-0.15, -0.1) is 0 Å². The summed E-state index contributed by atoms with van der Waals surface area (Å²) in [5.41, 5.74) is 1.76. The van der Waals surface area contributed by atoms with E-state index in [1.165, 1.54) is 17.7 Å². The molecule has 1 aliphatic rings. The molecule has 0 radical (unpaired) electrons. The van der Waals surface area contributed by atoms with Crippen molar-refractivity contribution in [2.45, 2.75) is 33.4 Å². The molecule has 3 aromatic carbocycles. The first kappa shape index (κ1) is 33.1. The number of hydrogen-bond acceptors (Lipinski definition) is 10. The minimum Gasteiger partial charge on any atom is -0.490 e. The van der Waals surface area contributed by atoms with E-state index in [0.29, 0.717) is 55.6 Å². The van der Waals surface area contributed by atoms with Gasteiger partial charge in [-0.05, 0) is 56.7 Å². The molecular weight excluding hydrogens is 627 g/mol. The van der Waals surface area contributed by atoms with E-state index in [9.17, 15) is 18.8 Å². The van der Waals surface area contributed by atoms with Crippen LogP contribution in [0.4, 0.5) is 4.39 Å². The topological polar surface area (TPSA) is 115 Å². The van der Waals surface area contributed by atoms with Crippen LogP contribution in [0, 0.1) is 5.82 Å². The molecule has 244 valence electrons. The zero-order chi connectivity index (χ0) is 33.5. The number of esters is 2. The number of hydrogen-bond donors (Lipinski definition) is 0. The van der Waals surface area contributed by atoms with Gasteiger partial charge in [0, 0.05) is 11.1 Å². The van der Waals surface area contributed by atoms with E-state index in [4.69, 9.17) is 18.9 Å². The first-order valence-corrected chi connectivity index (χ1v) is 15.7. The predicted molar refractivity (Wildman–Crippen MR) is 173 cm³/mol. The maximum atomic E-state index is 14.2. The molecule has 4 aromatic rings. The van der Waals surface area contributed by atoms with Crippen LogP contribution in [-0.2, 0) is 25.7 Å². The first-order chi connectivity index (χ1) is 22.7. The normalized spacial score (nSPS) is 14.2. The van der Waals surface area contributed by atoms with E-state index in [2.05, 4.69) is 9.73 Å². The second-order valence-corrected chi connectivity index (χ2v) is 11.2. The highest BCUT2D eigenvalue weighted by Gasteiger charge is 2.34. The number of rotatable bonds is 12. The molecule has 5 rings (SSSR count). The minimum atomic E-state index is -0.908. The summed E-state index contributed by atoms with van der Waals surface area (Å²) >= 11 is 1.16. The standard InChI is InChI=1S/C35H33FN2O8S/c1-5-43-28-17-23(15-16-27(28)46-20-30(39)42-4)32-31(34(41)44-6-2)21(3)37-35-38(32)33(40)29(47-35)18-22-11-8-10-14-26(22)45-19-24-12-7-9-13-25(24)36/h7-18,32H,5-6,19-20H2,1-4H3/b29-18-/t32-/m0/s1. The number of carbonyl (C=O) groups is 2. The fraction of sp³-hybridized carbons (Fsp3) is 0.257. The number of benzene rings is 3. The summed E-state index contributed by atoms with van der Waals surface area (Å²) in [7, 11) is 1.26. The van der Waals surface area contributed by atoms with E-state index in [0.717, 1.165) is 11.3 Å². The largest absolute Gasteiger partial charge is 0.490 e. The number of halogens is 1. The number of para-hydroxylation sites is 1. The Balaban J connectivity index is 1.60. The monoisotopic (exact) mass is 660 g/mol. The van der Waals surface area contributed by atoms with E-state index in [-0.39, 0.29) is 36.8 Å². The zero-order valence-electron chi connectivity index (χ0n) is 26.3. The van der Waals surface area contributed by atoms with Gasteiger partial charge in [-0.3, -0.25) is 9.36 Å². The highest BCUT2D eigenvalue weighted by molar-refractivity contribution is 7.07. The van der Waals surface area contributed by atoms with Crippen molar-refractivity contribution in [3.8, 4) is 17.2 Å². The van der Waals surface area contributed by atoms with Crippen LogP contribution >= 0.6 is 11.3 Å². The SMILES string of the molecule is CCOC(=O)C1=C(C)N=c2s/c(=C\c3ccccc3OCc3ccccc3F)c(=O)n2[C@H]1c1ccc(OCC(=O)OC)c(OCC)c1. The lowest BCUT2D eigenvalue weighted by Crippen LogP contribution is -2.40. The van der Waals surface area contributed by atoms with Crippen molar-refractivity contribution in [3.05, 3.63) is 120 Å². The highest BCUT2D eigenvalue weighted by atomic mass is 32.1. The van der Waals surface area contributed by atoms with Crippen molar-refractivity contribution in [2.24, 2.45) is 4.99 Å². The molecule has 1 aromatic heterocycles. The Bertz CT molecular complexity index is 2020. The van der Waals surface area contributed by atoms with Crippen molar-refractivity contribution >= 4 is 29.4 Å². The Morgan fingerprint density at radius 1 is 0.957 bits per heavy atom. The van der Waals surface area contributed by atoms with Gasteiger partial charge >= 0.3 is 11.9 Å². The van der Waals surface area contributed by atoms with Crippen molar-refractivity contribution in [2.75, 3.05) is 26.9 Å². The van der Waals surface area contributed by atoms with Gasteiger partial charge in [-0.2, -0.15) is 0 Å². The Morgan fingerprint density at radius 3 is 2.47 bits per heavy atom. The van der Waals surface area contributed by atoms with E-state index < -0.39 is 18.0 Å². The molecule has 0 amide bonds. The molecule has 0 saturated carbocycles. The lowest BCUT2D eigenvalue weighted by molar-refractivity contribution is -0.143. The molecule has 12 heteroatoms. The maximum absolute atomic E-state index is 14.2. The second kappa shape index (κ2) is 14.9. The molecule has 47 heavy (non-hydrogen) atoms. The number of carbonyl (C=O) groups excluding carboxylic acids is 2. The van der Waals surface area contributed by atoms with Gasteiger partial charge in [0.25, 0.3) is 5.56 Å². The molecule has 0 bridgehead atoms. The number of methoxy groups -OCH3 is 1. The van der Waals surface area contributed by atoms with Gasteiger partial charge in [-0.1, -0.05) is 53.8 Å². The Kier molecular flexibility index (Phi) is 10.5. The molecule has 0 N–H and O–H groups in total. The van der Waals surface area contributed by atoms with Crippen LogP contribution < -0.4 is 29.1 Å². The van der Waals surface area contributed by atoms with E-state index in [1.807, 2.05) is 6.07 Å². The summed E-state index contributed by atoms with van der Waals surface area (Å²) in [6.45, 7) is 5.28. The summed E-state index contributed by atoms with van der Waals surface area (Å²) in [6, 6.07) is 17.6. The van der Waals surface area contributed by atoms with Crippen LogP contribution in [0.3, 0.4) is 0 Å². The molecule has 0 saturated heterocycles. The molecule has 2 heterocycles. The van der Waals surface area contributed by atoms with Crippen LogP contribution in [0.5, 0.6) is 17.2 Å². The van der Waals surface area contributed by atoms with Gasteiger partial charge in [0.2, 0.25) is 0 Å². The number of thiazole rings is 1. The summed E-state index contributed by atoms with van der Waals surface area (Å²) in [4.78, 5) is 44.2. The third-order valence-corrected chi connectivity index (χ3v) is 8.20. The Morgan fingerprint density at radius 2 is 1.72 bits per heavy atom. The van der Waals surface area contributed by atoms with Crippen molar-refractivity contribution in [1.29, 1.82) is 0 Å². The van der Waals surface area contributed by atoms with Crippen LogP contribution in [0.2, 0.25) is 0 Å². The molecule has 0 fully saturated rings. The summed E-state index contributed by atoms with van der Waals surface area (Å²) < 4.78 is 43.5. The van der Waals surface area contributed by atoms with Crippen molar-refractivity contribution < 1.29 is 37.7 Å². The smallest absolute Gasteiger partial charge is 0.343 e. The van der Waals surface area contributed by atoms with Gasteiger partial charge in [0.05, 0.1) is 42.2 Å². The predicted octanol–water partition coefficient (Wildman–Crippen LogP) is 4.47. The quantitative estimate of drug-likeness (QED) is 0.205. The second-order valence-electron chi connectivity index (χ2n) is 10.2. The number of aromatic nitrogens is 1. The van der Waals surface area contributed by atoms with Gasteiger partial charge in [0.15, 0.2) is 22.9 Å². The summed E-state index contributed by atoms with van der Waals surface area (Å²) in [6.07, 6.45) is 1.69. The number of fused-ring (bicyclic) bond motifs is 1. The fourth-order valence-corrected chi connectivity index (χ4v) is 6.07. The molecule has 0 spiro atoms. The van der Waals surface area contributed by atoms with Gasteiger partial charge in [0.1, 0.15) is 18.2 Å². The highest BCUT2D eigenvalue weighted by Crippen LogP contribution is 2.36. The van der Waals surface area contributed by atoms with E-state index >= 15 is 0 Å². The molecule has 0 aliphatic carbocycles. The maximum Gasteiger partial charge on any atom is 0.343 e. The molecule has 1 aliphatic heterocycles. The van der Waals surface area contributed by atoms with Crippen LogP contribution in [-0.4, -0.2) is 43.4 Å². The van der Waals surface area contributed by atoms with E-state index in [1.54, 1.807) is 81.4 Å². The van der Waals surface area contributed by atoms with Gasteiger partial charge in [-0.25, -0.2) is 19.0 Å². The number of nitrogens with zero attached hydrogens (tertiary/aromatic N) is 2. The zero-order valence-corrected chi connectivity index (χ0v) is 27.1. The molecular formula is C35H33FN2O8S. The van der Waals surface area contributed by atoms with Crippen LogP contribution in [0.15, 0.2) is 87.8 Å². The Hall–Kier alpha value is -5.23. The summed E-state index contributed by atoms with van der Waals surface area (Å²) in [5, 5.41) is 0. The molecule has 0 unspecified atom stereocenters. The van der Waals surface area contributed by atoms with Crippen LogP contribution in [0.1, 0.15) is 43.5 Å². The lowest BCUT2D eigenvalue weighted by Gasteiger charge is -2.25. The number of ether oxygens (including phenoxy) is 5. The third kappa shape index (κ3) is 7.28. The molecule has 1 atom stereocenters. The summed E-state index contributed by atoms with van der Waals surface area (Å²) in [5.74, 6) is -0.476. The van der Waals surface area contributed by atoms with Crippen molar-refractivity contribution in [1.82, 2.24) is 4.57 Å². The van der Waals surface area contributed by atoms with Crippen molar-refractivity contribution in [3.63, 3.8) is 0 Å². The Labute approximate surface area is 274 Å².